The fourth-order valence-electron chi connectivity index (χ4n) is 2.71. The first kappa shape index (κ1) is 16.0. The third kappa shape index (κ3) is 4.82. The predicted octanol–water partition coefficient (Wildman–Crippen LogP) is 2.02. The van der Waals surface area contributed by atoms with Gasteiger partial charge in [0.15, 0.2) is 5.82 Å². The standard InChI is InChI=1S/C15H26N4O2/c1-3-16-13-8-14(19-15(18-13)10-21-2)17-9-11-6-4-5-7-12(11)20/h8,11-12,20H,3-7,9-10H2,1-2H3,(H2,16,17,18,19). The average Bonchev–Trinajstić information content (AvgIpc) is 2.47. The lowest BCUT2D eigenvalue weighted by atomic mass is 9.86. The van der Waals surface area contributed by atoms with E-state index >= 15 is 0 Å². The number of anilines is 2. The van der Waals surface area contributed by atoms with E-state index in [2.05, 4.69) is 20.6 Å². The van der Waals surface area contributed by atoms with E-state index in [-0.39, 0.29) is 6.10 Å². The van der Waals surface area contributed by atoms with E-state index in [1.54, 1.807) is 7.11 Å². The van der Waals surface area contributed by atoms with Crippen LogP contribution in [-0.2, 0) is 11.3 Å². The molecule has 0 radical (unpaired) electrons. The van der Waals surface area contributed by atoms with Crippen LogP contribution >= 0.6 is 0 Å². The molecule has 1 aliphatic carbocycles. The predicted molar refractivity (Wildman–Crippen MR) is 83.4 cm³/mol. The summed E-state index contributed by atoms with van der Waals surface area (Å²) in [6, 6.07) is 1.90. The van der Waals surface area contributed by atoms with Crippen molar-refractivity contribution in [2.24, 2.45) is 5.92 Å². The number of hydrogen-bond donors (Lipinski definition) is 3. The Labute approximate surface area is 126 Å². The molecule has 0 aliphatic heterocycles. The lowest BCUT2D eigenvalue weighted by Crippen LogP contribution is -2.30. The summed E-state index contributed by atoms with van der Waals surface area (Å²) in [6.45, 7) is 3.98. The molecule has 118 valence electrons. The lowest BCUT2D eigenvalue weighted by Gasteiger charge is -2.27. The molecular weight excluding hydrogens is 268 g/mol. The molecule has 0 spiro atoms. The van der Waals surface area contributed by atoms with Crippen molar-refractivity contribution in [3.8, 4) is 0 Å². The number of methoxy groups -OCH3 is 1. The van der Waals surface area contributed by atoms with Gasteiger partial charge in [-0.15, -0.1) is 0 Å². The zero-order valence-corrected chi connectivity index (χ0v) is 12.9. The van der Waals surface area contributed by atoms with E-state index in [1.807, 2.05) is 13.0 Å². The Morgan fingerprint density at radius 3 is 2.62 bits per heavy atom. The van der Waals surface area contributed by atoms with Gasteiger partial charge >= 0.3 is 0 Å². The molecular formula is C15H26N4O2. The van der Waals surface area contributed by atoms with Crippen molar-refractivity contribution in [2.45, 2.75) is 45.3 Å². The van der Waals surface area contributed by atoms with Gasteiger partial charge in [0.25, 0.3) is 0 Å². The van der Waals surface area contributed by atoms with Gasteiger partial charge in [0.1, 0.15) is 18.2 Å². The molecule has 1 heterocycles. The van der Waals surface area contributed by atoms with Crippen LogP contribution < -0.4 is 10.6 Å². The van der Waals surface area contributed by atoms with Crippen LogP contribution in [0, 0.1) is 5.92 Å². The molecule has 1 fully saturated rings. The summed E-state index contributed by atoms with van der Waals surface area (Å²) < 4.78 is 5.11. The number of nitrogens with zero attached hydrogens (tertiary/aromatic N) is 2. The van der Waals surface area contributed by atoms with Crippen LogP contribution in [0.5, 0.6) is 0 Å². The van der Waals surface area contributed by atoms with Gasteiger partial charge in [-0.1, -0.05) is 12.8 Å². The molecule has 1 saturated carbocycles. The maximum atomic E-state index is 10.0. The van der Waals surface area contributed by atoms with E-state index in [0.29, 0.717) is 18.3 Å². The van der Waals surface area contributed by atoms with Gasteiger partial charge < -0.3 is 20.5 Å². The summed E-state index contributed by atoms with van der Waals surface area (Å²) in [7, 11) is 1.63. The Morgan fingerprint density at radius 1 is 1.24 bits per heavy atom. The molecule has 6 nitrogen and oxygen atoms in total. The molecule has 1 aromatic heterocycles. The van der Waals surface area contributed by atoms with Crippen LogP contribution in [0.25, 0.3) is 0 Å². The second kappa shape index (κ2) is 8.14. The van der Waals surface area contributed by atoms with Crippen molar-refractivity contribution in [3.63, 3.8) is 0 Å². The summed E-state index contributed by atoms with van der Waals surface area (Å²) in [5, 5.41) is 16.6. The van der Waals surface area contributed by atoms with Crippen LogP contribution in [0.4, 0.5) is 11.6 Å². The number of ether oxygens (including phenoxy) is 1. The number of aliphatic hydroxyl groups excluding tert-OH is 1. The highest BCUT2D eigenvalue weighted by Gasteiger charge is 2.22. The Morgan fingerprint density at radius 2 is 1.95 bits per heavy atom. The summed E-state index contributed by atoms with van der Waals surface area (Å²) in [6.07, 6.45) is 4.12. The number of aliphatic hydroxyl groups is 1. The van der Waals surface area contributed by atoms with Crippen molar-refractivity contribution >= 4 is 11.6 Å². The van der Waals surface area contributed by atoms with Crippen LogP contribution in [0.15, 0.2) is 6.07 Å². The smallest absolute Gasteiger partial charge is 0.158 e. The summed E-state index contributed by atoms with van der Waals surface area (Å²) >= 11 is 0. The number of rotatable bonds is 7. The second-order valence-corrected chi connectivity index (χ2v) is 5.51. The Kier molecular flexibility index (Phi) is 6.20. The maximum absolute atomic E-state index is 10.0. The van der Waals surface area contributed by atoms with Crippen molar-refractivity contribution < 1.29 is 9.84 Å². The van der Waals surface area contributed by atoms with E-state index < -0.39 is 0 Å². The van der Waals surface area contributed by atoms with Gasteiger partial charge in [0.05, 0.1) is 6.10 Å². The van der Waals surface area contributed by atoms with Gasteiger partial charge in [-0.2, -0.15) is 0 Å². The highest BCUT2D eigenvalue weighted by Crippen LogP contribution is 2.24. The third-order valence-corrected chi connectivity index (χ3v) is 3.82. The molecule has 3 N–H and O–H groups in total. The minimum Gasteiger partial charge on any atom is -0.393 e. The second-order valence-electron chi connectivity index (χ2n) is 5.51. The molecule has 0 amide bonds. The van der Waals surface area contributed by atoms with Crippen molar-refractivity contribution in [1.29, 1.82) is 0 Å². The number of hydrogen-bond acceptors (Lipinski definition) is 6. The summed E-state index contributed by atoms with van der Waals surface area (Å²) in [5.74, 6) is 2.54. The third-order valence-electron chi connectivity index (χ3n) is 3.82. The first-order chi connectivity index (χ1) is 10.2. The molecule has 0 aromatic carbocycles. The average molecular weight is 294 g/mol. The van der Waals surface area contributed by atoms with Crippen molar-refractivity contribution in [3.05, 3.63) is 11.9 Å². The largest absolute Gasteiger partial charge is 0.393 e. The van der Waals surface area contributed by atoms with Crippen LogP contribution in [0.3, 0.4) is 0 Å². The first-order valence-corrected chi connectivity index (χ1v) is 7.75. The minimum atomic E-state index is -0.195. The summed E-state index contributed by atoms with van der Waals surface area (Å²) in [5.41, 5.74) is 0. The van der Waals surface area contributed by atoms with Gasteiger partial charge in [-0.25, -0.2) is 9.97 Å². The molecule has 2 atom stereocenters. The molecule has 1 aromatic rings. The highest BCUT2D eigenvalue weighted by molar-refractivity contribution is 5.47. The minimum absolute atomic E-state index is 0.195. The van der Waals surface area contributed by atoms with E-state index in [1.165, 1.54) is 6.42 Å². The number of aromatic nitrogens is 2. The Hall–Kier alpha value is -1.40. The molecule has 6 heteroatoms. The highest BCUT2D eigenvalue weighted by atomic mass is 16.5. The topological polar surface area (TPSA) is 79.3 Å². The molecule has 2 unspecified atom stereocenters. The van der Waals surface area contributed by atoms with E-state index in [4.69, 9.17) is 4.74 Å². The lowest BCUT2D eigenvalue weighted by molar-refractivity contribution is 0.0763. The quantitative estimate of drug-likeness (QED) is 0.714. The SMILES string of the molecule is CCNc1cc(NCC2CCCCC2O)nc(COC)n1. The normalized spacial score (nSPS) is 22.0. The van der Waals surface area contributed by atoms with Gasteiger partial charge in [0.2, 0.25) is 0 Å². The number of nitrogens with one attached hydrogen (secondary N) is 2. The Balaban J connectivity index is 2.00. The zero-order chi connectivity index (χ0) is 15.1. The van der Waals surface area contributed by atoms with E-state index in [0.717, 1.165) is 44.0 Å². The maximum Gasteiger partial charge on any atom is 0.158 e. The van der Waals surface area contributed by atoms with Gasteiger partial charge in [-0.05, 0) is 19.8 Å². The monoisotopic (exact) mass is 294 g/mol. The van der Waals surface area contributed by atoms with Gasteiger partial charge in [0, 0.05) is 32.2 Å². The molecule has 2 rings (SSSR count). The first-order valence-electron chi connectivity index (χ1n) is 7.75. The fourth-order valence-corrected chi connectivity index (χ4v) is 2.71. The van der Waals surface area contributed by atoms with Gasteiger partial charge in [-0.3, -0.25) is 0 Å². The molecule has 0 saturated heterocycles. The van der Waals surface area contributed by atoms with Crippen molar-refractivity contribution in [2.75, 3.05) is 30.8 Å². The van der Waals surface area contributed by atoms with Crippen molar-refractivity contribution in [1.82, 2.24) is 9.97 Å². The fraction of sp³-hybridized carbons (Fsp3) is 0.733. The zero-order valence-electron chi connectivity index (χ0n) is 12.9. The van der Waals surface area contributed by atoms with Crippen LogP contribution in [0.2, 0.25) is 0 Å². The van der Waals surface area contributed by atoms with Crippen LogP contribution in [-0.4, -0.2) is 41.4 Å². The van der Waals surface area contributed by atoms with E-state index in [9.17, 15) is 5.11 Å². The molecule has 21 heavy (non-hydrogen) atoms. The van der Waals surface area contributed by atoms with Crippen LogP contribution in [0.1, 0.15) is 38.4 Å². The summed E-state index contributed by atoms with van der Waals surface area (Å²) in [4.78, 5) is 8.83. The molecule has 1 aliphatic rings. The molecule has 0 bridgehead atoms. The Bertz CT molecular complexity index is 417.